The molecule has 2 N–H and O–H groups in total. The number of carbonyl (C=O) groups excluding carboxylic acids is 1. The third kappa shape index (κ3) is 4.43. The Hall–Kier alpha value is -0.0800. The summed E-state index contributed by atoms with van der Waals surface area (Å²) in [5, 5.41) is -0.441. The van der Waals surface area contributed by atoms with E-state index in [1.54, 1.807) is 0 Å². The first-order valence-electron chi connectivity index (χ1n) is 2.99. The normalized spacial score (nSPS) is 13.9. The lowest BCUT2D eigenvalue weighted by atomic mass is 10.1. The molecule has 2 nitrogen and oxygen atoms in total. The topological polar surface area (TPSA) is 43.1 Å². The van der Waals surface area contributed by atoms with Crippen LogP contribution in [0.25, 0.3) is 0 Å². The van der Waals surface area contributed by atoms with Gasteiger partial charge in [0.15, 0.2) is 0 Å². The van der Waals surface area contributed by atoms with Gasteiger partial charge in [0.25, 0.3) is 0 Å². The molecule has 0 aromatic carbocycles. The highest BCUT2D eigenvalue weighted by molar-refractivity contribution is 6.64. The van der Waals surface area contributed by atoms with Gasteiger partial charge in [-0.25, -0.2) is 0 Å². The molecule has 0 aromatic rings. The molecule has 54 valence electrons. The average molecular weight is 150 g/mol. The number of rotatable bonds is 3. The molecule has 0 aliphatic heterocycles. The first-order valence-corrected chi connectivity index (χ1v) is 3.36. The molecule has 0 bridgehead atoms. The van der Waals surface area contributed by atoms with Gasteiger partial charge >= 0.3 is 0 Å². The molecule has 0 saturated heterocycles. The molecule has 0 rings (SSSR count). The van der Waals surface area contributed by atoms with E-state index in [1.165, 1.54) is 0 Å². The maximum Gasteiger partial charge on any atom is 0.238 e. The van der Waals surface area contributed by atoms with Crippen molar-refractivity contribution in [2.75, 3.05) is 0 Å². The van der Waals surface area contributed by atoms with Crippen LogP contribution in [0.15, 0.2) is 0 Å². The molecule has 0 aliphatic rings. The summed E-state index contributed by atoms with van der Waals surface area (Å²) in [4.78, 5) is 10.3. The number of halogens is 1. The molecule has 0 heterocycles. The van der Waals surface area contributed by atoms with Crippen LogP contribution in [0.1, 0.15) is 20.3 Å². The number of hydrogen-bond donors (Lipinski definition) is 1. The zero-order valence-corrected chi connectivity index (χ0v) is 6.48. The molecule has 0 fully saturated rings. The maximum atomic E-state index is 10.3. The lowest BCUT2D eigenvalue weighted by Gasteiger charge is -2.07. The predicted octanol–water partition coefficient (Wildman–Crippen LogP) is 1.13. The van der Waals surface area contributed by atoms with Gasteiger partial charge in [0.05, 0.1) is 6.04 Å². The summed E-state index contributed by atoms with van der Waals surface area (Å²) in [5.74, 6) is 0.433. The van der Waals surface area contributed by atoms with E-state index in [4.69, 9.17) is 17.3 Å². The third-order valence-corrected chi connectivity index (χ3v) is 1.30. The minimum atomic E-state index is -0.480. The lowest BCUT2D eigenvalue weighted by Crippen LogP contribution is -2.28. The van der Waals surface area contributed by atoms with Gasteiger partial charge in [-0.15, -0.1) is 0 Å². The number of nitrogens with two attached hydrogens (primary N) is 1. The van der Waals surface area contributed by atoms with Crippen LogP contribution in [-0.2, 0) is 4.79 Å². The van der Waals surface area contributed by atoms with E-state index >= 15 is 0 Å². The first kappa shape index (κ1) is 8.92. The third-order valence-electron chi connectivity index (χ3n) is 1.02. The molecule has 0 unspecified atom stereocenters. The van der Waals surface area contributed by atoms with Crippen LogP contribution in [0.5, 0.6) is 0 Å². The monoisotopic (exact) mass is 149 g/mol. The lowest BCUT2D eigenvalue weighted by molar-refractivity contribution is -0.113. The number of carbonyl (C=O) groups is 1. The summed E-state index contributed by atoms with van der Waals surface area (Å²) in [6.07, 6.45) is 0.669. The van der Waals surface area contributed by atoms with Gasteiger partial charge in [-0.2, -0.15) is 0 Å². The fourth-order valence-electron chi connectivity index (χ4n) is 0.601. The van der Waals surface area contributed by atoms with E-state index in [1.807, 2.05) is 13.8 Å². The van der Waals surface area contributed by atoms with Gasteiger partial charge in [0, 0.05) is 0 Å². The average Bonchev–Trinajstić information content (AvgIpc) is 1.63. The summed E-state index contributed by atoms with van der Waals surface area (Å²) in [6, 6.07) is -0.480. The van der Waals surface area contributed by atoms with Gasteiger partial charge in [-0.3, -0.25) is 4.79 Å². The van der Waals surface area contributed by atoms with Crippen LogP contribution >= 0.6 is 11.6 Å². The molecular weight excluding hydrogens is 138 g/mol. The maximum absolute atomic E-state index is 10.3. The Labute approximate surface area is 60.4 Å². The van der Waals surface area contributed by atoms with Crippen LogP contribution in [0.2, 0.25) is 0 Å². The van der Waals surface area contributed by atoms with Crippen molar-refractivity contribution in [3.05, 3.63) is 0 Å². The molecule has 0 amide bonds. The van der Waals surface area contributed by atoms with E-state index in [9.17, 15) is 4.79 Å². The molecule has 1 atom stereocenters. The second kappa shape index (κ2) is 3.85. The van der Waals surface area contributed by atoms with Crippen LogP contribution in [0.3, 0.4) is 0 Å². The highest BCUT2D eigenvalue weighted by atomic mass is 35.5. The van der Waals surface area contributed by atoms with Gasteiger partial charge in [-0.05, 0) is 23.9 Å². The van der Waals surface area contributed by atoms with Crippen molar-refractivity contribution in [3.63, 3.8) is 0 Å². The van der Waals surface area contributed by atoms with Crippen molar-refractivity contribution in [3.8, 4) is 0 Å². The van der Waals surface area contributed by atoms with Crippen LogP contribution in [0, 0.1) is 5.92 Å². The van der Waals surface area contributed by atoms with E-state index in [0.29, 0.717) is 12.3 Å². The second-order valence-corrected chi connectivity index (χ2v) is 2.91. The molecule has 0 saturated carbocycles. The molecule has 0 aromatic heterocycles. The zero-order valence-electron chi connectivity index (χ0n) is 5.73. The van der Waals surface area contributed by atoms with Gasteiger partial charge in [0.2, 0.25) is 5.24 Å². The largest absolute Gasteiger partial charge is 0.320 e. The summed E-state index contributed by atoms with van der Waals surface area (Å²) >= 11 is 5.11. The second-order valence-electron chi connectivity index (χ2n) is 2.54. The van der Waals surface area contributed by atoms with Crippen molar-refractivity contribution < 1.29 is 4.79 Å². The van der Waals surface area contributed by atoms with Crippen molar-refractivity contribution in [2.24, 2.45) is 11.7 Å². The van der Waals surface area contributed by atoms with E-state index in [-0.39, 0.29) is 0 Å². The summed E-state index contributed by atoms with van der Waals surface area (Å²) in [6.45, 7) is 4.00. The van der Waals surface area contributed by atoms with Crippen LogP contribution in [-0.4, -0.2) is 11.3 Å². The molecule has 9 heavy (non-hydrogen) atoms. The zero-order chi connectivity index (χ0) is 7.44. The fraction of sp³-hybridized carbons (Fsp3) is 0.833. The SMILES string of the molecule is CC(C)C[C@@H](N)C(=O)Cl. The van der Waals surface area contributed by atoms with Crippen molar-refractivity contribution in [1.82, 2.24) is 0 Å². The standard InChI is InChI=1S/C6H12ClNO/c1-4(2)3-5(8)6(7)9/h4-5H,3,8H2,1-2H3/t5-/m1/s1. The fourth-order valence-corrected chi connectivity index (χ4v) is 0.690. The van der Waals surface area contributed by atoms with Crippen LogP contribution in [0.4, 0.5) is 0 Å². The Morgan fingerprint density at radius 2 is 2.11 bits per heavy atom. The molecule has 0 spiro atoms. The van der Waals surface area contributed by atoms with Gasteiger partial charge < -0.3 is 5.73 Å². The number of hydrogen-bond acceptors (Lipinski definition) is 2. The summed E-state index contributed by atoms with van der Waals surface area (Å²) in [5.41, 5.74) is 5.34. The summed E-state index contributed by atoms with van der Waals surface area (Å²) in [7, 11) is 0. The van der Waals surface area contributed by atoms with Gasteiger partial charge in [-0.1, -0.05) is 13.8 Å². The highest BCUT2D eigenvalue weighted by Gasteiger charge is 2.10. The van der Waals surface area contributed by atoms with Crippen molar-refractivity contribution >= 4 is 16.8 Å². The first-order chi connectivity index (χ1) is 4.04. The molecule has 0 radical (unpaired) electrons. The van der Waals surface area contributed by atoms with Crippen molar-refractivity contribution in [1.29, 1.82) is 0 Å². The minimum Gasteiger partial charge on any atom is -0.320 e. The van der Waals surface area contributed by atoms with Crippen LogP contribution < -0.4 is 5.73 Å². The van der Waals surface area contributed by atoms with Gasteiger partial charge in [0.1, 0.15) is 0 Å². The minimum absolute atomic E-state index is 0.433. The Kier molecular flexibility index (Phi) is 3.82. The summed E-state index contributed by atoms with van der Waals surface area (Å²) < 4.78 is 0. The van der Waals surface area contributed by atoms with E-state index in [0.717, 1.165) is 0 Å². The quantitative estimate of drug-likeness (QED) is 0.612. The molecular formula is C6H12ClNO. The van der Waals surface area contributed by atoms with E-state index < -0.39 is 11.3 Å². The molecule has 3 heteroatoms. The molecule has 0 aliphatic carbocycles. The Bertz CT molecular complexity index is 103. The van der Waals surface area contributed by atoms with E-state index in [2.05, 4.69) is 0 Å². The highest BCUT2D eigenvalue weighted by Crippen LogP contribution is 2.04. The predicted molar refractivity (Wildman–Crippen MR) is 38.3 cm³/mol. The Balaban J connectivity index is 3.50. The van der Waals surface area contributed by atoms with Crippen molar-refractivity contribution in [2.45, 2.75) is 26.3 Å². The Morgan fingerprint density at radius 1 is 1.67 bits per heavy atom. The smallest absolute Gasteiger partial charge is 0.238 e. The Morgan fingerprint density at radius 3 is 2.22 bits per heavy atom.